The molecule has 0 amide bonds. The highest BCUT2D eigenvalue weighted by molar-refractivity contribution is 9.10. The second kappa shape index (κ2) is 7.73. The molecule has 0 spiro atoms. The number of imidazole rings is 1. The quantitative estimate of drug-likeness (QED) is 0.864. The number of rotatable bonds is 5. The third-order valence-corrected chi connectivity index (χ3v) is 5.01. The number of hydrogen-bond acceptors (Lipinski definition) is 4. The van der Waals surface area contributed by atoms with Crippen LogP contribution in [-0.2, 0) is 6.54 Å². The van der Waals surface area contributed by atoms with Crippen LogP contribution < -0.4 is 5.32 Å². The van der Waals surface area contributed by atoms with Crippen LogP contribution in [0, 0.1) is 0 Å². The lowest BCUT2D eigenvalue weighted by molar-refractivity contribution is 0.187. The molecule has 1 saturated heterocycles. The standard InChI is InChI=1S/C17H26BrN5/c1-3-6-15(22-9-5-7-19-8-10-22)17-21-14-11-13(18)12-20-16(14)23(17)4-2/h11-12,15,19H,3-10H2,1-2H3. The number of halogens is 1. The van der Waals surface area contributed by atoms with E-state index < -0.39 is 0 Å². The van der Waals surface area contributed by atoms with E-state index >= 15 is 0 Å². The maximum absolute atomic E-state index is 4.98. The predicted octanol–water partition coefficient (Wildman–Crippen LogP) is 3.35. The first-order valence-electron chi connectivity index (χ1n) is 8.71. The first kappa shape index (κ1) is 16.9. The molecule has 0 saturated carbocycles. The van der Waals surface area contributed by atoms with E-state index in [1.54, 1.807) is 0 Å². The second-order valence-corrected chi connectivity index (χ2v) is 7.07. The molecule has 5 nitrogen and oxygen atoms in total. The molecule has 23 heavy (non-hydrogen) atoms. The topological polar surface area (TPSA) is 46.0 Å². The molecule has 0 aliphatic carbocycles. The van der Waals surface area contributed by atoms with Gasteiger partial charge in [0.1, 0.15) is 11.3 Å². The van der Waals surface area contributed by atoms with E-state index in [0.717, 1.165) is 54.8 Å². The van der Waals surface area contributed by atoms with Gasteiger partial charge in [-0.05, 0) is 48.3 Å². The summed E-state index contributed by atoms with van der Waals surface area (Å²) in [6, 6.07) is 2.46. The Bertz CT molecular complexity index is 646. The van der Waals surface area contributed by atoms with E-state index in [-0.39, 0.29) is 0 Å². The number of nitrogens with zero attached hydrogens (tertiary/aromatic N) is 4. The van der Waals surface area contributed by atoms with E-state index in [9.17, 15) is 0 Å². The molecule has 2 aromatic heterocycles. The third kappa shape index (κ3) is 3.59. The smallest absolute Gasteiger partial charge is 0.160 e. The lowest BCUT2D eigenvalue weighted by Gasteiger charge is -2.30. The molecule has 1 N–H and O–H groups in total. The average Bonchev–Trinajstić information content (AvgIpc) is 2.72. The largest absolute Gasteiger partial charge is 0.315 e. The summed E-state index contributed by atoms with van der Waals surface area (Å²) >= 11 is 3.51. The Hall–Kier alpha value is -0.980. The summed E-state index contributed by atoms with van der Waals surface area (Å²) in [7, 11) is 0. The minimum absolute atomic E-state index is 0.382. The van der Waals surface area contributed by atoms with Crippen molar-refractivity contribution < 1.29 is 0 Å². The fourth-order valence-corrected chi connectivity index (χ4v) is 3.82. The Balaban J connectivity index is 2.02. The molecule has 0 radical (unpaired) electrons. The highest BCUT2D eigenvalue weighted by Crippen LogP contribution is 2.29. The number of fused-ring (bicyclic) bond motifs is 1. The van der Waals surface area contributed by atoms with Crippen LogP contribution in [0.2, 0.25) is 0 Å². The number of nitrogens with one attached hydrogen (secondary N) is 1. The van der Waals surface area contributed by atoms with E-state index in [2.05, 4.69) is 55.6 Å². The van der Waals surface area contributed by atoms with Gasteiger partial charge in [0, 0.05) is 36.8 Å². The summed E-state index contributed by atoms with van der Waals surface area (Å²) in [6.07, 6.45) is 5.38. The monoisotopic (exact) mass is 379 g/mol. The van der Waals surface area contributed by atoms with E-state index in [1.165, 1.54) is 18.7 Å². The molecule has 3 heterocycles. The molecule has 1 unspecified atom stereocenters. The van der Waals surface area contributed by atoms with E-state index in [4.69, 9.17) is 4.98 Å². The van der Waals surface area contributed by atoms with Gasteiger partial charge < -0.3 is 9.88 Å². The predicted molar refractivity (Wildman–Crippen MR) is 97.6 cm³/mol. The summed E-state index contributed by atoms with van der Waals surface area (Å²) < 4.78 is 3.28. The van der Waals surface area contributed by atoms with Crippen molar-refractivity contribution in [2.45, 2.75) is 45.7 Å². The summed E-state index contributed by atoms with van der Waals surface area (Å²) in [6.45, 7) is 9.77. The van der Waals surface area contributed by atoms with Gasteiger partial charge in [-0.25, -0.2) is 9.97 Å². The number of aryl methyl sites for hydroxylation is 1. The summed E-state index contributed by atoms with van der Waals surface area (Å²) in [5.74, 6) is 1.18. The van der Waals surface area contributed by atoms with Gasteiger partial charge in [-0.1, -0.05) is 13.3 Å². The molecule has 0 aromatic carbocycles. The molecular weight excluding hydrogens is 354 g/mol. The molecule has 3 rings (SSSR count). The summed E-state index contributed by atoms with van der Waals surface area (Å²) in [4.78, 5) is 12.2. The van der Waals surface area contributed by atoms with Crippen molar-refractivity contribution in [3.63, 3.8) is 0 Å². The third-order valence-electron chi connectivity index (χ3n) is 4.57. The van der Waals surface area contributed by atoms with Crippen LogP contribution in [0.15, 0.2) is 16.7 Å². The van der Waals surface area contributed by atoms with Crippen molar-refractivity contribution in [1.82, 2.24) is 24.8 Å². The Labute approximate surface area is 146 Å². The minimum Gasteiger partial charge on any atom is -0.315 e. The zero-order chi connectivity index (χ0) is 16.2. The molecule has 1 atom stereocenters. The molecule has 1 aliphatic rings. The first-order chi connectivity index (χ1) is 11.2. The van der Waals surface area contributed by atoms with Gasteiger partial charge in [-0.2, -0.15) is 0 Å². The zero-order valence-electron chi connectivity index (χ0n) is 14.1. The lowest BCUT2D eigenvalue weighted by atomic mass is 10.1. The molecule has 1 aliphatic heterocycles. The van der Waals surface area contributed by atoms with Crippen molar-refractivity contribution in [3.05, 3.63) is 22.6 Å². The van der Waals surface area contributed by atoms with Crippen molar-refractivity contribution in [3.8, 4) is 0 Å². The van der Waals surface area contributed by atoms with Crippen molar-refractivity contribution in [2.75, 3.05) is 26.2 Å². The Morgan fingerprint density at radius 3 is 2.96 bits per heavy atom. The van der Waals surface area contributed by atoms with Gasteiger partial charge in [0.05, 0.1) is 6.04 Å². The van der Waals surface area contributed by atoms with Crippen LogP contribution in [0.5, 0.6) is 0 Å². The molecule has 126 valence electrons. The SMILES string of the molecule is CCCC(c1nc2cc(Br)cnc2n1CC)N1CCCNCC1. The van der Waals surface area contributed by atoms with Gasteiger partial charge >= 0.3 is 0 Å². The van der Waals surface area contributed by atoms with Crippen LogP contribution in [-0.4, -0.2) is 45.6 Å². The van der Waals surface area contributed by atoms with Crippen molar-refractivity contribution in [2.24, 2.45) is 0 Å². The zero-order valence-corrected chi connectivity index (χ0v) is 15.6. The highest BCUT2D eigenvalue weighted by Gasteiger charge is 2.26. The normalized spacial score (nSPS) is 18.2. The molecular formula is C17H26BrN5. The van der Waals surface area contributed by atoms with Crippen LogP contribution in [0.1, 0.15) is 45.0 Å². The second-order valence-electron chi connectivity index (χ2n) is 6.15. The average molecular weight is 380 g/mol. The number of pyridine rings is 1. The fourth-order valence-electron chi connectivity index (χ4n) is 3.50. The number of hydrogen-bond donors (Lipinski definition) is 1. The summed E-state index contributed by atoms with van der Waals surface area (Å²) in [5.41, 5.74) is 1.99. The van der Waals surface area contributed by atoms with Crippen LogP contribution in [0.25, 0.3) is 11.2 Å². The van der Waals surface area contributed by atoms with Crippen LogP contribution >= 0.6 is 15.9 Å². The molecule has 0 bridgehead atoms. The summed E-state index contributed by atoms with van der Waals surface area (Å²) in [5, 5.41) is 3.50. The lowest BCUT2D eigenvalue weighted by Crippen LogP contribution is -2.34. The highest BCUT2D eigenvalue weighted by atomic mass is 79.9. The maximum Gasteiger partial charge on any atom is 0.160 e. The minimum atomic E-state index is 0.382. The van der Waals surface area contributed by atoms with Crippen molar-refractivity contribution in [1.29, 1.82) is 0 Å². The number of aromatic nitrogens is 3. The van der Waals surface area contributed by atoms with Gasteiger partial charge in [0.25, 0.3) is 0 Å². The van der Waals surface area contributed by atoms with E-state index in [1.807, 2.05) is 6.20 Å². The van der Waals surface area contributed by atoms with Crippen molar-refractivity contribution >= 4 is 27.1 Å². The van der Waals surface area contributed by atoms with Gasteiger partial charge in [-0.15, -0.1) is 0 Å². The fraction of sp³-hybridized carbons (Fsp3) is 0.647. The molecule has 2 aromatic rings. The Kier molecular flexibility index (Phi) is 5.67. The van der Waals surface area contributed by atoms with Crippen LogP contribution in [0.3, 0.4) is 0 Å². The Morgan fingerprint density at radius 1 is 1.30 bits per heavy atom. The Morgan fingerprint density at radius 2 is 2.17 bits per heavy atom. The van der Waals surface area contributed by atoms with Gasteiger partial charge in [-0.3, -0.25) is 4.90 Å². The van der Waals surface area contributed by atoms with Crippen LogP contribution in [0.4, 0.5) is 0 Å². The molecule has 6 heteroatoms. The van der Waals surface area contributed by atoms with Gasteiger partial charge in [0.15, 0.2) is 5.65 Å². The van der Waals surface area contributed by atoms with Gasteiger partial charge in [0.2, 0.25) is 0 Å². The first-order valence-corrected chi connectivity index (χ1v) is 9.50. The molecule has 1 fully saturated rings. The van der Waals surface area contributed by atoms with E-state index in [0.29, 0.717) is 6.04 Å². The maximum atomic E-state index is 4.98.